The zero-order chi connectivity index (χ0) is 18.8. The molecule has 7 heteroatoms. The summed E-state index contributed by atoms with van der Waals surface area (Å²) in [5.74, 6) is 0.855. The number of aliphatic imine (C=N–C) groups is 1. The van der Waals surface area contributed by atoms with Gasteiger partial charge in [-0.3, -0.25) is 4.90 Å². The minimum absolute atomic E-state index is 0. The topological polar surface area (TPSA) is 52.6 Å². The summed E-state index contributed by atoms with van der Waals surface area (Å²) < 4.78 is 0. The van der Waals surface area contributed by atoms with Crippen LogP contribution in [0.3, 0.4) is 0 Å². The first-order valence-corrected chi connectivity index (χ1v) is 10.3. The lowest BCUT2D eigenvalue weighted by atomic mass is 10.1. The quantitative estimate of drug-likeness (QED) is 0.307. The third kappa shape index (κ3) is 7.38. The Bertz CT molecular complexity index is 670. The molecule has 0 aliphatic heterocycles. The van der Waals surface area contributed by atoms with E-state index < -0.39 is 0 Å². The van der Waals surface area contributed by atoms with E-state index in [1.54, 1.807) is 11.3 Å². The highest BCUT2D eigenvalue weighted by Crippen LogP contribution is 2.19. The number of aryl methyl sites for hydroxylation is 1. The number of nitrogens with zero attached hydrogens (tertiary/aromatic N) is 3. The second-order valence-corrected chi connectivity index (χ2v) is 7.02. The Morgan fingerprint density at radius 1 is 1.15 bits per heavy atom. The summed E-state index contributed by atoms with van der Waals surface area (Å²) in [7, 11) is 0. The van der Waals surface area contributed by atoms with Crippen molar-refractivity contribution in [2.24, 2.45) is 4.99 Å². The smallest absolute Gasteiger partial charge is 0.191 e. The van der Waals surface area contributed by atoms with Crippen LogP contribution in [0.2, 0.25) is 0 Å². The minimum Gasteiger partial charge on any atom is -0.357 e. The Kier molecular flexibility index (Phi) is 11.5. The number of benzene rings is 1. The molecule has 150 valence electrons. The highest BCUT2D eigenvalue weighted by Gasteiger charge is 2.18. The Labute approximate surface area is 184 Å². The van der Waals surface area contributed by atoms with E-state index in [0.29, 0.717) is 12.6 Å². The van der Waals surface area contributed by atoms with Gasteiger partial charge in [0.1, 0.15) is 0 Å². The SMILES string of the molecule is CCNC(=NCc1scnc1C)NCC(c1ccccc1)N(CC)CC.I. The second-order valence-electron chi connectivity index (χ2n) is 6.08. The fraction of sp³-hybridized carbons (Fsp3) is 0.500. The zero-order valence-corrected chi connectivity index (χ0v) is 19.9. The van der Waals surface area contributed by atoms with Crippen molar-refractivity contribution in [3.05, 3.63) is 52.0 Å². The monoisotopic (exact) mass is 501 g/mol. The van der Waals surface area contributed by atoms with Gasteiger partial charge >= 0.3 is 0 Å². The van der Waals surface area contributed by atoms with Crippen molar-refractivity contribution in [2.45, 2.75) is 40.3 Å². The van der Waals surface area contributed by atoms with Crippen LogP contribution in [0.15, 0.2) is 40.8 Å². The van der Waals surface area contributed by atoms with Gasteiger partial charge in [-0.25, -0.2) is 9.98 Å². The molecule has 0 radical (unpaired) electrons. The van der Waals surface area contributed by atoms with E-state index in [4.69, 9.17) is 4.99 Å². The van der Waals surface area contributed by atoms with Crippen molar-refractivity contribution in [1.82, 2.24) is 20.5 Å². The summed E-state index contributed by atoms with van der Waals surface area (Å²) in [5.41, 5.74) is 4.28. The molecular formula is C20H32IN5S. The van der Waals surface area contributed by atoms with Crippen LogP contribution in [-0.4, -0.2) is 42.0 Å². The van der Waals surface area contributed by atoms with E-state index in [1.165, 1.54) is 10.4 Å². The minimum atomic E-state index is 0. The summed E-state index contributed by atoms with van der Waals surface area (Å²) >= 11 is 1.66. The molecule has 0 saturated heterocycles. The third-order valence-corrected chi connectivity index (χ3v) is 5.39. The van der Waals surface area contributed by atoms with Gasteiger partial charge in [0.05, 0.1) is 23.8 Å². The molecule has 0 amide bonds. The van der Waals surface area contributed by atoms with Crippen molar-refractivity contribution in [1.29, 1.82) is 0 Å². The third-order valence-electron chi connectivity index (χ3n) is 4.47. The zero-order valence-electron chi connectivity index (χ0n) is 16.7. The first-order chi connectivity index (χ1) is 12.7. The van der Waals surface area contributed by atoms with Gasteiger partial charge in [-0.1, -0.05) is 44.2 Å². The second kappa shape index (κ2) is 13.1. The van der Waals surface area contributed by atoms with Crippen molar-refractivity contribution in [3.63, 3.8) is 0 Å². The molecule has 0 aliphatic rings. The number of nitrogens with one attached hydrogen (secondary N) is 2. The number of halogens is 1. The van der Waals surface area contributed by atoms with Gasteiger partial charge in [0, 0.05) is 18.0 Å². The average molecular weight is 501 g/mol. The lowest BCUT2D eigenvalue weighted by Crippen LogP contribution is -2.43. The van der Waals surface area contributed by atoms with Crippen LogP contribution in [0, 0.1) is 6.92 Å². The molecule has 2 aromatic rings. The van der Waals surface area contributed by atoms with Gasteiger partial charge in [0.15, 0.2) is 5.96 Å². The van der Waals surface area contributed by atoms with E-state index in [-0.39, 0.29) is 24.0 Å². The summed E-state index contributed by atoms with van der Waals surface area (Å²) in [5, 5.41) is 6.88. The number of thiazole rings is 1. The van der Waals surface area contributed by atoms with Crippen LogP contribution in [0.5, 0.6) is 0 Å². The molecule has 1 unspecified atom stereocenters. The predicted molar refractivity (Wildman–Crippen MR) is 127 cm³/mol. The number of likely N-dealkylation sites (N-methyl/N-ethyl adjacent to an activating group) is 1. The van der Waals surface area contributed by atoms with E-state index >= 15 is 0 Å². The van der Waals surface area contributed by atoms with E-state index in [0.717, 1.165) is 37.8 Å². The molecule has 0 spiro atoms. The summed E-state index contributed by atoms with van der Waals surface area (Å²) in [6.07, 6.45) is 0. The first-order valence-electron chi connectivity index (χ1n) is 9.39. The number of hydrogen-bond donors (Lipinski definition) is 2. The fourth-order valence-electron chi connectivity index (χ4n) is 2.96. The van der Waals surface area contributed by atoms with Crippen molar-refractivity contribution in [3.8, 4) is 0 Å². The number of aromatic nitrogens is 1. The molecule has 2 rings (SSSR count). The molecule has 1 aromatic heterocycles. The van der Waals surface area contributed by atoms with Gasteiger partial charge in [0.25, 0.3) is 0 Å². The molecule has 5 nitrogen and oxygen atoms in total. The van der Waals surface area contributed by atoms with Gasteiger partial charge < -0.3 is 10.6 Å². The fourth-order valence-corrected chi connectivity index (χ4v) is 3.66. The van der Waals surface area contributed by atoms with Gasteiger partial charge in [-0.2, -0.15) is 0 Å². The maximum atomic E-state index is 4.74. The molecule has 1 atom stereocenters. The predicted octanol–water partition coefficient (Wildman–Crippen LogP) is 4.21. The maximum Gasteiger partial charge on any atom is 0.191 e. The largest absolute Gasteiger partial charge is 0.357 e. The molecule has 1 heterocycles. The molecule has 0 fully saturated rings. The average Bonchev–Trinajstić information content (AvgIpc) is 3.08. The molecule has 0 saturated carbocycles. The van der Waals surface area contributed by atoms with Crippen LogP contribution < -0.4 is 10.6 Å². The molecule has 27 heavy (non-hydrogen) atoms. The van der Waals surface area contributed by atoms with Crippen molar-refractivity contribution >= 4 is 41.3 Å². The first kappa shape index (κ1) is 23.8. The van der Waals surface area contributed by atoms with Crippen LogP contribution in [0.1, 0.15) is 42.9 Å². The number of guanidine groups is 1. The van der Waals surface area contributed by atoms with Gasteiger partial charge in [-0.15, -0.1) is 35.3 Å². The Morgan fingerprint density at radius 2 is 1.85 bits per heavy atom. The maximum absolute atomic E-state index is 4.74. The van der Waals surface area contributed by atoms with Crippen molar-refractivity contribution < 1.29 is 0 Å². The highest BCUT2D eigenvalue weighted by molar-refractivity contribution is 14.0. The Balaban J connectivity index is 0.00000364. The Hall–Kier alpha value is -1.19. The molecule has 0 bridgehead atoms. The van der Waals surface area contributed by atoms with Crippen LogP contribution in [-0.2, 0) is 6.54 Å². The normalized spacial score (nSPS) is 12.6. The standard InChI is InChI=1S/C20H31N5S.HI/c1-5-21-20(23-14-19-16(4)24-15-26-19)22-13-18(25(6-2)7-3)17-11-9-8-10-12-17;/h8-12,15,18H,5-7,13-14H2,1-4H3,(H2,21,22,23);1H. The number of hydrogen-bond acceptors (Lipinski definition) is 4. The molecule has 0 aliphatic carbocycles. The highest BCUT2D eigenvalue weighted by atomic mass is 127. The van der Waals surface area contributed by atoms with Gasteiger partial charge in [-0.05, 0) is 32.5 Å². The van der Waals surface area contributed by atoms with Crippen LogP contribution in [0.4, 0.5) is 0 Å². The molecular weight excluding hydrogens is 469 g/mol. The molecule has 2 N–H and O–H groups in total. The lowest BCUT2D eigenvalue weighted by Gasteiger charge is -2.30. The lowest BCUT2D eigenvalue weighted by molar-refractivity contribution is 0.219. The van der Waals surface area contributed by atoms with E-state index in [2.05, 4.69) is 71.6 Å². The summed E-state index contributed by atoms with van der Waals surface area (Å²) in [6, 6.07) is 11.0. The summed E-state index contributed by atoms with van der Waals surface area (Å²) in [6.45, 7) is 12.9. The Morgan fingerprint density at radius 3 is 2.41 bits per heavy atom. The molecule has 1 aromatic carbocycles. The number of rotatable bonds is 9. The van der Waals surface area contributed by atoms with Gasteiger partial charge in [0.2, 0.25) is 0 Å². The van der Waals surface area contributed by atoms with Crippen molar-refractivity contribution in [2.75, 3.05) is 26.2 Å². The van der Waals surface area contributed by atoms with Crippen LogP contribution in [0.25, 0.3) is 0 Å². The van der Waals surface area contributed by atoms with E-state index in [9.17, 15) is 0 Å². The summed E-state index contributed by atoms with van der Waals surface area (Å²) in [4.78, 5) is 12.7. The van der Waals surface area contributed by atoms with E-state index in [1.807, 2.05) is 12.4 Å². The van der Waals surface area contributed by atoms with Crippen LogP contribution >= 0.6 is 35.3 Å².